The lowest BCUT2D eigenvalue weighted by atomic mass is 10.4. The number of rotatable bonds is 4. The monoisotopic (exact) mass is 216 g/mol. The van der Waals surface area contributed by atoms with E-state index in [1.165, 1.54) is 12.1 Å². The summed E-state index contributed by atoms with van der Waals surface area (Å²) in [5.74, 6) is -0.178. The zero-order valence-corrected chi connectivity index (χ0v) is 10.1. The maximum Gasteiger partial charge on any atom is 0.304 e. The molecule has 0 radical (unpaired) electrons. The highest BCUT2D eigenvalue weighted by Gasteiger charge is 1.79. The normalized spacial score (nSPS) is 9.07. The maximum atomic E-state index is 11.9. The SMILES string of the molecule is CCO[SiH2]OCC.Fc1ccccc1. The highest BCUT2D eigenvalue weighted by Crippen LogP contribution is 1.91. The average Bonchev–Trinajstić information content (AvgIpc) is 2.21. The van der Waals surface area contributed by atoms with Crippen LogP contribution in [0.25, 0.3) is 0 Å². The van der Waals surface area contributed by atoms with E-state index < -0.39 is 10.0 Å². The van der Waals surface area contributed by atoms with E-state index in [1.54, 1.807) is 18.2 Å². The second-order valence-corrected chi connectivity index (χ2v) is 3.45. The highest BCUT2D eigenvalue weighted by molar-refractivity contribution is 6.17. The maximum absolute atomic E-state index is 11.9. The van der Waals surface area contributed by atoms with E-state index in [1.807, 2.05) is 13.8 Å². The molecule has 0 fully saturated rings. The van der Waals surface area contributed by atoms with Gasteiger partial charge in [-0.3, -0.25) is 0 Å². The van der Waals surface area contributed by atoms with E-state index in [2.05, 4.69) is 0 Å². The van der Waals surface area contributed by atoms with Crippen molar-refractivity contribution in [2.75, 3.05) is 13.2 Å². The van der Waals surface area contributed by atoms with Crippen LogP contribution in [-0.4, -0.2) is 23.2 Å². The third-order valence-electron chi connectivity index (χ3n) is 1.31. The summed E-state index contributed by atoms with van der Waals surface area (Å²) in [5.41, 5.74) is 0. The molecule has 1 aromatic carbocycles. The fraction of sp³-hybridized carbons (Fsp3) is 0.400. The summed E-state index contributed by atoms with van der Waals surface area (Å²) in [5, 5.41) is 0. The fourth-order valence-electron chi connectivity index (χ4n) is 0.640. The molecule has 0 bridgehead atoms. The first kappa shape index (κ1) is 13.3. The van der Waals surface area contributed by atoms with Gasteiger partial charge in [0.25, 0.3) is 0 Å². The van der Waals surface area contributed by atoms with Gasteiger partial charge in [0.05, 0.1) is 0 Å². The summed E-state index contributed by atoms with van der Waals surface area (Å²) in [6.45, 7) is 5.55. The number of hydrogen-bond acceptors (Lipinski definition) is 2. The molecule has 0 aromatic heterocycles. The zero-order chi connectivity index (χ0) is 10.6. The van der Waals surface area contributed by atoms with Crippen LogP contribution in [0.1, 0.15) is 13.8 Å². The quantitative estimate of drug-likeness (QED) is 0.565. The van der Waals surface area contributed by atoms with Gasteiger partial charge in [0.1, 0.15) is 5.82 Å². The Labute approximate surface area is 87.1 Å². The molecule has 80 valence electrons. The van der Waals surface area contributed by atoms with Crippen LogP contribution in [0.5, 0.6) is 0 Å². The zero-order valence-electron chi connectivity index (χ0n) is 8.70. The number of benzene rings is 1. The lowest BCUT2D eigenvalue weighted by Gasteiger charge is -1.96. The van der Waals surface area contributed by atoms with E-state index in [4.69, 9.17) is 8.85 Å². The largest absolute Gasteiger partial charge is 0.399 e. The van der Waals surface area contributed by atoms with E-state index in [-0.39, 0.29) is 5.82 Å². The molecular weight excluding hydrogens is 199 g/mol. The molecule has 0 spiro atoms. The molecule has 0 aliphatic carbocycles. The predicted molar refractivity (Wildman–Crippen MR) is 58.2 cm³/mol. The molecule has 14 heavy (non-hydrogen) atoms. The molecule has 4 heteroatoms. The second kappa shape index (κ2) is 10.4. The first-order chi connectivity index (χ1) is 6.81. The molecule has 0 saturated heterocycles. The van der Waals surface area contributed by atoms with Crippen LogP contribution in [-0.2, 0) is 8.85 Å². The van der Waals surface area contributed by atoms with Crippen LogP contribution in [0.15, 0.2) is 30.3 Å². The smallest absolute Gasteiger partial charge is 0.304 e. The minimum absolute atomic E-state index is 0.178. The van der Waals surface area contributed by atoms with Gasteiger partial charge in [-0.25, -0.2) is 4.39 Å². The number of hydrogen-bond donors (Lipinski definition) is 0. The predicted octanol–water partition coefficient (Wildman–Crippen LogP) is 1.88. The summed E-state index contributed by atoms with van der Waals surface area (Å²) < 4.78 is 21.9. The van der Waals surface area contributed by atoms with Crippen LogP contribution >= 0.6 is 0 Å². The average molecular weight is 216 g/mol. The molecule has 0 N–H and O–H groups in total. The van der Waals surface area contributed by atoms with E-state index in [0.29, 0.717) is 0 Å². The summed E-state index contributed by atoms with van der Waals surface area (Å²) in [6.07, 6.45) is 0. The first-order valence-electron chi connectivity index (χ1n) is 4.67. The fourth-order valence-corrected chi connectivity index (χ4v) is 1.09. The Bertz CT molecular complexity index is 203. The first-order valence-corrected chi connectivity index (χ1v) is 5.82. The Balaban J connectivity index is 0.000000241. The second-order valence-electron chi connectivity index (χ2n) is 2.40. The summed E-state index contributed by atoms with van der Waals surface area (Å²) in [6, 6.07) is 7.94. The molecule has 0 aliphatic rings. The minimum atomic E-state index is -0.589. The molecule has 0 aliphatic heterocycles. The van der Waals surface area contributed by atoms with Crippen molar-refractivity contribution in [2.45, 2.75) is 13.8 Å². The standard InChI is InChI=1S/C6H5F.C4H12O2Si/c7-6-4-2-1-3-5-6;1-3-5-7-6-4-2/h1-5H;3-4,7H2,1-2H3. The molecule has 2 nitrogen and oxygen atoms in total. The van der Waals surface area contributed by atoms with Gasteiger partial charge in [-0.1, -0.05) is 18.2 Å². The summed E-state index contributed by atoms with van der Waals surface area (Å²) in [4.78, 5) is 0. The Morgan fingerprint density at radius 3 is 1.86 bits per heavy atom. The van der Waals surface area contributed by atoms with Gasteiger partial charge in [-0.2, -0.15) is 0 Å². The molecule has 0 unspecified atom stereocenters. The molecule has 0 amide bonds. The van der Waals surface area contributed by atoms with Crippen molar-refractivity contribution in [3.63, 3.8) is 0 Å². The van der Waals surface area contributed by atoms with Gasteiger partial charge in [0.2, 0.25) is 0 Å². The molecule has 1 aromatic rings. The summed E-state index contributed by atoms with van der Waals surface area (Å²) in [7, 11) is -0.589. The van der Waals surface area contributed by atoms with E-state index in [0.717, 1.165) is 13.2 Å². The third-order valence-corrected chi connectivity index (χ3v) is 2.46. The van der Waals surface area contributed by atoms with Crippen LogP contribution in [0.2, 0.25) is 0 Å². The minimum Gasteiger partial charge on any atom is -0.399 e. The van der Waals surface area contributed by atoms with Gasteiger partial charge in [0.15, 0.2) is 0 Å². The summed E-state index contributed by atoms with van der Waals surface area (Å²) >= 11 is 0. The molecule has 0 saturated carbocycles. The van der Waals surface area contributed by atoms with Gasteiger partial charge < -0.3 is 8.85 Å². The Kier molecular flexibility index (Phi) is 9.84. The van der Waals surface area contributed by atoms with Gasteiger partial charge in [-0.05, 0) is 26.0 Å². The van der Waals surface area contributed by atoms with Crippen LogP contribution in [0.4, 0.5) is 4.39 Å². The van der Waals surface area contributed by atoms with Gasteiger partial charge in [-0.15, -0.1) is 0 Å². The topological polar surface area (TPSA) is 18.5 Å². The van der Waals surface area contributed by atoms with E-state index in [9.17, 15) is 4.39 Å². The Hall–Kier alpha value is -0.713. The van der Waals surface area contributed by atoms with Crippen LogP contribution in [0.3, 0.4) is 0 Å². The molecular formula is C10H17FO2Si. The van der Waals surface area contributed by atoms with Crippen molar-refractivity contribution < 1.29 is 13.2 Å². The lowest BCUT2D eigenvalue weighted by molar-refractivity contribution is 0.240. The lowest BCUT2D eigenvalue weighted by Crippen LogP contribution is -2.02. The van der Waals surface area contributed by atoms with Crippen molar-refractivity contribution >= 4 is 10.0 Å². The van der Waals surface area contributed by atoms with Crippen LogP contribution in [0, 0.1) is 5.82 Å². The number of halogens is 1. The molecule has 0 atom stereocenters. The van der Waals surface area contributed by atoms with Gasteiger partial charge >= 0.3 is 10.0 Å². The highest BCUT2D eigenvalue weighted by atomic mass is 28.3. The molecule has 0 heterocycles. The van der Waals surface area contributed by atoms with Crippen molar-refractivity contribution in [3.05, 3.63) is 36.1 Å². The van der Waals surface area contributed by atoms with Gasteiger partial charge in [0, 0.05) is 13.2 Å². The Morgan fingerprint density at radius 1 is 1.07 bits per heavy atom. The van der Waals surface area contributed by atoms with Crippen molar-refractivity contribution in [3.8, 4) is 0 Å². The van der Waals surface area contributed by atoms with Crippen molar-refractivity contribution in [1.82, 2.24) is 0 Å². The van der Waals surface area contributed by atoms with Crippen LogP contribution < -0.4 is 0 Å². The third kappa shape index (κ3) is 9.38. The molecule has 1 rings (SSSR count). The van der Waals surface area contributed by atoms with Crippen molar-refractivity contribution in [2.24, 2.45) is 0 Å². The van der Waals surface area contributed by atoms with E-state index >= 15 is 0 Å². The van der Waals surface area contributed by atoms with Crippen molar-refractivity contribution in [1.29, 1.82) is 0 Å². The Morgan fingerprint density at radius 2 is 1.57 bits per heavy atom.